The van der Waals surface area contributed by atoms with Crippen molar-refractivity contribution in [3.8, 4) is 5.75 Å². The molecule has 0 spiro atoms. The highest BCUT2D eigenvalue weighted by molar-refractivity contribution is 5.99. The van der Waals surface area contributed by atoms with Crippen LogP contribution < -0.4 is 5.32 Å². The Bertz CT molecular complexity index is 528. The van der Waals surface area contributed by atoms with Crippen LogP contribution in [0, 0.1) is 11.3 Å². The van der Waals surface area contributed by atoms with E-state index in [0.29, 0.717) is 11.5 Å². The van der Waals surface area contributed by atoms with E-state index in [4.69, 9.17) is 0 Å². The van der Waals surface area contributed by atoms with Crippen molar-refractivity contribution in [2.45, 2.75) is 46.0 Å². The lowest BCUT2D eigenvalue weighted by Gasteiger charge is -2.35. The highest BCUT2D eigenvalue weighted by Crippen LogP contribution is 2.38. The van der Waals surface area contributed by atoms with E-state index in [1.807, 2.05) is 13.8 Å². The molecule has 1 aliphatic carbocycles. The quantitative estimate of drug-likeness (QED) is 0.820. The molecule has 1 fully saturated rings. The van der Waals surface area contributed by atoms with Gasteiger partial charge in [0, 0.05) is 11.0 Å². The van der Waals surface area contributed by atoms with Crippen LogP contribution in [0.25, 0.3) is 0 Å². The first-order valence-electron chi connectivity index (χ1n) is 8.02. The zero-order valence-corrected chi connectivity index (χ0v) is 13.4. The topological polar surface area (TPSA) is 66.4 Å². The predicted octanol–water partition coefficient (Wildman–Crippen LogP) is 3.30. The maximum atomic E-state index is 12.5. The Morgan fingerprint density at radius 3 is 2.32 bits per heavy atom. The molecule has 120 valence electrons. The first-order valence-corrected chi connectivity index (χ1v) is 8.02. The zero-order chi connectivity index (χ0) is 16.2. The largest absolute Gasteiger partial charge is 0.508 e. The van der Waals surface area contributed by atoms with Crippen molar-refractivity contribution in [3.63, 3.8) is 0 Å². The van der Waals surface area contributed by atoms with Gasteiger partial charge in [0.2, 0.25) is 5.91 Å². The number of nitrogens with one attached hydrogen (secondary N) is 1. The number of hydrogen-bond donors (Lipinski definition) is 2. The van der Waals surface area contributed by atoms with E-state index < -0.39 is 5.41 Å². The van der Waals surface area contributed by atoms with Gasteiger partial charge in [-0.3, -0.25) is 9.59 Å². The van der Waals surface area contributed by atoms with Crippen molar-refractivity contribution in [2.24, 2.45) is 11.3 Å². The molecule has 1 aromatic rings. The van der Waals surface area contributed by atoms with Gasteiger partial charge in [-0.2, -0.15) is 0 Å². The molecule has 0 saturated heterocycles. The van der Waals surface area contributed by atoms with Gasteiger partial charge in [-0.05, 0) is 43.0 Å². The van der Waals surface area contributed by atoms with Crippen molar-refractivity contribution in [3.05, 3.63) is 29.8 Å². The van der Waals surface area contributed by atoms with Gasteiger partial charge >= 0.3 is 0 Å². The highest BCUT2D eigenvalue weighted by Gasteiger charge is 2.37. The van der Waals surface area contributed by atoms with Crippen LogP contribution in [-0.2, 0) is 4.79 Å². The normalized spacial score (nSPS) is 16.3. The fraction of sp³-hybridized carbons (Fsp3) is 0.556. The number of rotatable bonds is 5. The van der Waals surface area contributed by atoms with Crippen LogP contribution in [-0.4, -0.2) is 23.3 Å². The van der Waals surface area contributed by atoms with Crippen molar-refractivity contribution in [1.29, 1.82) is 0 Å². The number of phenols is 1. The molecule has 0 unspecified atom stereocenters. The van der Waals surface area contributed by atoms with Gasteiger partial charge in [-0.25, -0.2) is 0 Å². The summed E-state index contributed by atoms with van der Waals surface area (Å²) in [7, 11) is 0. The SMILES string of the molecule is CC(C)(C(=O)NCC(=O)c1ccc(O)cc1)C1CCCCC1. The molecule has 0 radical (unpaired) electrons. The van der Waals surface area contributed by atoms with Crippen molar-refractivity contribution >= 4 is 11.7 Å². The average Bonchev–Trinajstić information content (AvgIpc) is 2.53. The second-order valence-electron chi connectivity index (χ2n) is 6.71. The Morgan fingerprint density at radius 2 is 1.73 bits per heavy atom. The summed E-state index contributed by atoms with van der Waals surface area (Å²) in [6, 6.07) is 6.08. The first kappa shape index (κ1) is 16.5. The number of aromatic hydroxyl groups is 1. The molecule has 4 heteroatoms. The molecule has 4 nitrogen and oxygen atoms in total. The number of phenolic OH excluding ortho intramolecular Hbond substituents is 1. The summed E-state index contributed by atoms with van der Waals surface area (Å²) in [4.78, 5) is 24.5. The third-order valence-electron chi connectivity index (χ3n) is 4.81. The number of carbonyl (C=O) groups excluding carboxylic acids is 2. The van der Waals surface area contributed by atoms with Gasteiger partial charge in [0.15, 0.2) is 5.78 Å². The summed E-state index contributed by atoms with van der Waals surface area (Å²) in [6.07, 6.45) is 5.81. The van der Waals surface area contributed by atoms with E-state index in [2.05, 4.69) is 5.32 Å². The molecule has 1 amide bonds. The minimum atomic E-state index is -0.435. The third-order valence-corrected chi connectivity index (χ3v) is 4.81. The van der Waals surface area contributed by atoms with Crippen LogP contribution >= 0.6 is 0 Å². The summed E-state index contributed by atoms with van der Waals surface area (Å²) in [6.45, 7) is 3.95. The number of Topliss-reactive ketones (excluding diaryl/α,β-unsaturated/α-hetero) is 1. The predicted molar refractivity (Wildman–Crippen MR) is 85.8 cm³/mol. The summed E-state index contributed by atoms with van der Waals surface area (Å²) < 4.78 is 0. The van der Waals surface area contributed by atoms with Gasteiger partial charge in [0.25, 0.3) is 0 Å². The highest BCUT2D eigenvalue weighted by atomic mass is 16.3. The fourth-order valence-corrected chi connectivity index (χ4v) is 3.15. The van der Waals surface area contributed by atoms with Gasteiger partial charge in [-0.15, -0.1) is 0 Å². The van der Waals surface area contributed by atoms with Gasteiger partial charge in [-0.1, -0.05) is 33.1 Å². The monoisotopic (exact) mass is 303 g/mol. The van der Waals surface area contributed by atoms with E-state index >= 15 is 0 Å². The second kappa shape index (κ2) is 6.95. The summed E-state index contributed by atoms with van der Waals surface area (Å²) in [5, 5.41) is 12.0. The van der Waals surface area contributed by atoms with Gasteiger partial charge < -0.3 is 10.4 Å². The maximum Gasteiger partial charge on any atom is 0.226 e. The lowest BCUT2D eigenvalue weighted by atomic mass is 9.70. The third kappa shape index (κ3) is 3.87. The summed E-state index contributed by atoms with van der Waals surface area (Å²) >= 11 is 0. The average molecular weight is 303 g/mol. The van der Waals surface area contributed by atoms with Crippen molar-refractivity contribution in [2.75, 3.05) is 6.54 Å². The van der Waals surface area contributed by atoms with Crippen LogP contribution in [0.2, 0.25) is 0 Å². The van der Waals surface area contributed by atoms with Crippen LogP contribution in [0.1, 0.15) is 56.3 Å². The van der Waals surface area contributed by atoms with Crippen LogP contribution in [0.15, 0.2) is 24.3 Å². The maximum absolute atomic E-state index is 12.5. The fourth-order valence-electron chi connectivity index (χ4n) is 3.15. The number of hydrogen-bond acceptors (Lipinski definition) is 3. The lowest BCUT2D eigenvalue weighted by molar-refractivity contribution is -0.132. The van der Waals surface area contributed by atoms with Gasteiger partial charge in [0.1, 0.15) is 5.75 Å². The minimum absolute atomic E-state index is 0.000240. The molecule has 22 heavy (non-hydrogen) atoms. The van der Waals surface area contributed by atoms with E-state index in [1.165, 1.54) is 31.4 Å². The smallest absolute Gasteiger partial charge is 0.226 e. The molecule has 0 aromatic heterocycles. The number of carbonyl (C=O) groups is 2. The number of ketones is 1. The zero-order valence-electron chi connectivity index (χ0n) is 13.4. The standard InChI is InChI=1S/C18H25NO3/c1-18(2,14-6-4-3-5-7-14)17(22)19-12-16(21)13-8-10-15(20)11-9-13/h8-11,14,20H,3-7,12H2,1-2H3,(H,19,22). The molecule has 0 heterocycles. The number of amides is 1. The van der Waals surface area contributed by atoms with E-state index in [9.17, 15) is 14.7 Å². The molecule has 1 aromatic carbocycles. The lowest BCUT2D eigenvalue weighted by Crippen LogP contribution is -2.44. The van der Waals surface area contributed by atoms with E-state index in [1.54, 1.807) is 12.1 Å². The van der Waals surface area contributed by atoms with Crippen LogP contribution in [0.4, 0.5) is 0 Å². The number of benzene rings is 1. The Hall–Kier alpha value is -1.84. The van der Waals surface area contributed by atoms with Gasteiger partial charge in [0.05, 0.1) is 6.54 Å². The Labute approximate surface area is 131 Å². The first-order chi connectivity index (χ1) is 10.4. The molecule has 0 atom stereocenters. The molecule has 2 rings (SSSR count). The molecule has 1 aliphatic rings. The molecular weight excluding hydrogens is 278 g/mol. The Morgan fingerprint density at radius 1 is 1.14 bits per heavy atom. The molecular formula is C18H25NO3. The Kier molecular flexibility index (Phi) is 5.22. The molecule has 0 aliphatic heterocycles. The summed E-state index contributed by atoms with van der Waals surface area (Å²) in [5.41, 5.74) is 0.0592. The molecule has 0 bridgehead atoms. The second-order valence-corrected chi connectivity index (χ2v) is 6.71. The Balaban J connectivity index is 1.91. The summed E-state index contributed by atoms with van der Waals surface area (Å²) in [5.74, 6) is 0.323. The van der Waals surface area contributed by atoms with E-state index in [0.717, 1.165) is 12.8 Å². The van der Waals surface area contributed by atoms with Crippen molar-refractivity contribution in [1.82, 2.24) is 5.32 Å². The molecule has 1 saturated carbocycles. The van der Waals surface area contributed by atoms with Crippen LogP contribution in [0.5, 0.6) is 5.75 Å². The van der Waals surface area contributed by atoms with E-state index in [-0.39, 0.29) is 24.0 Å². The van der Waals surface area contributed by atoms with Crippen molar-refractivity contribution < 1.29 is 14.7 Å². The minimum Gasteiger partial charge on any atom is -0.508 e. The molecule has 2 N–H and O–H groups in total. The van der Waals surface area contributed by atoms with Crippen LogP contribution in [0.3, 0.4) is 0 Å².